The number of benzene rings is 1. The van der Waals surface area contributed by atoms with E-state index in [4.69, 9.17) is 9.52 Å². The van der Waals surface area contributed by atoms with E-state index in [1.807, 2.05) is 18.2 Å². The zero-order chi connectivity index (χ0) is 14.8. The van der Waals surface area contributed by atoms with Crippen LogP contribution in [-0.4, -0.2) is 22.0 Å². The average molecular weight is 302 g/mol. The molecule has 0 spiro atoms. The second-order valence-corrected chi connectivity index (χ2v) is 5.18. The molecule has 1 aromatic carbocycles. The fourth-order valence-electron chi connectivity index (χ4n) is 1.85. The molecule has 6 nitrogen and oxygen atoms in total. The van der Waals surface area contributed by atoms with E-state index in [0.717, 1.165) is 5.39 Å². The maximum atomic E-state index is 12.1. The molecule has 2 heterocycles. The highest BCUT2D eigenvalue weighted by molar-refractivity contribution is 7.14. The van der Waals surface area contributed by atoms with Crippen LogP contribution in [0.1, 0.15) is 16.2 Å². The summed E-state index contributed by atoms with van der Waals surface area (Å²) in [4.78, 5) is 26.7. The van der Waals surface area contributed by atoms with Crippen LogP contribution in [0.2, 0.25) is 0 Å². The van der Waals surface area contributed by atoms with Crippen molar-refractivity contribution in [3.8, 4) is 0 Å². The summed E-state index contributed by atoms with van der Waals surface area (Å²) in [6.07, 6.45) is -0.170. The highest BCUT2D eigenvalue weighted by Crippen LogP contribution is 2.21. The number of rotatable bonds is 4. The van der Waals surface area contributed by atoms with Gasteiger partial charge in [0.25, 0.3) is 5.91 Å². The van der Waals surface area contributed by atoms with Crippen molar-refractivity contribution in [1.82, 2.24) is 4.98 Å². The SMILES string of the molecule is O=C(O)Cc1csc(NC(=O)c2cc3ccccc3o2)n1. The Morgan fingerprint density at radius 2 is 2.14 bits per heavy atom. The number of hydrogen-bond donors (Lipinski definition) is 2. The summed E-state index contributed by atoms with van der Waals surface area (Å²) in [7, 11) is 0. The number of fused-ring (bicyclic) bond motifs is 1. The number of aliphatic carboxylic acids is 1. The van der Waals surface area contributed by atoms with Crippen molar-refractivity contribution in [1.29, 1.82) is 0 Å². The Morgan fingerprint density at radius 3 is 2.90 bits per heavy atom. The van der Waals surface area contributed by atoms with Crippen molar-refractivity contribution in [2.45, 2.75) is 6.42 Å². The topological polar surface area (TPSA) is 92.4 Å². The number of carbonyl (C=O) groups excluding carboxylic acids is 1. The van der Waals surface area contributed by atoms with Crippen LogP contribution in [0.4, 0.5) is 5.13 Å². The minimum atomic E-state index is -0.963. The Balaban J connectivity index is 1.76. The molecule has 0 radical (unpaired) electrons. The normalized spacial score (nSPS) is 10.7. The lowest BCUT2D eigenvalue weighted by Crippen LogP contribution is -2.10. The van der Waals surface area contributed by atoms with Crippen LogP contribution in [-0.2, 0) is 11.2 Å². The van der Waals surface area contributed by atoms with Crippen LogP contribution in [0, 0.1) is 0 Å². The van der Waals surface area contributed by atoms with E-state index in [-0.39, 0.29) is 12.2 Å². The number of para-hydroxylation sites is 1. The Hall–Kier alpha value is -2.67. The lowest BCUT2D eigenvalue weighted by molar-refractivity contribution is -0.136. The van der Waals surface area contributed by atoms with E-state index >= 15 is 0 Å². The van der Waals surface area contributed by atoms with E-state index in [1.165, 1.54) is 11.3 Å². The number of aromatic nitrogens is 1. The van der Waals surface area contributed by atoms with Gasteiger partial charge in [0.2, 0.25) is 0 Å². The van der Waals surface area contributed by atoms with Crippen LogP contribution < -0.4 is 5.32 Å². The highest BCUT2D eigenvalue weighted by Gasteiger charge is 2.14. The number of carboxylic acids is 1. The predicted molar refractivity (Wildman–Crippen MR) is 77.6 cm³/mol. The fraction of sp³-hybridized carbons (Fsp3) is 0.0714. The zero-order valence-corrected chi connectivity index (χ0v) is 11.5. The Labute approximate surface area is 123 Å². The number of carboxylic acid groups (broad SMARTS) is 1. The maximum Gasteiger partial charge on any atom is 0.309 e. The first-order chi connectivity index (χ1) is 10.1. The van der Waals surface area contributed by atoms with Gasteiger partial charge < -0.3 is 9.52 Å². The lowest BCUT2D eigenvalue weighted by atomic mass is 10.2. The molecular weight excluding hydrogens is 292 g/mol. The van der Waals surface area contributed by atoms with Gasteiger partial charge in [-0.3, -0.25) is 14.9 Å². The van der Waals surface area contributed by atoms with E-state index < -0.39 is 11.9 Å². The summed E-state index contributed by atoms with van der Waals surface area (Å²) in [6.45, 7) is 0. The van der Waals surface area contributed by atoms with E-state index in [0.29, 0.717) is 16.4 Å². The summed E-state index contributed by atoms with van der Waals surface area (Å²) in [5.41, 5.74) is 1.04. The molecule has 2 aromatic heterocycles. The number of nitrogens with zero attached hydrogens (tertiary/aromatic N) is 1. The van der Waals surface area contributed by atoms with Gasteiger partial charge in [0.15, 0.2) is 10.9 Å². The first kappa shape index (κ1) is 13.3. The van der Waals surface area contributed by atoms with Crippen molar-refractivity contribution in [2.24, 2.45) is 0 Å². The Kier molecular flexibility index (Phi) is 3.41. The number of carbonyl (C=O) groups is 2. The second kappa shape index (κ2) is 5.37. The van der Waals surface area contributed by atoms with Gasteiger partial charge in [-0.2, -0.15) is 0 Å². The van der Waals surface area contributed by atoms with Gasteiger partial charge in [-0.1, -0.05) is 18.2 Å². The summed E-state index contributed by atoms with van der Waals surface area (Å²) in [6, 6.07) is 8.96. The second-order valence-electron chi connectivity index (χ2n) is 4.32. The molecule has 7 heteroatoms. The Bertz CT molecular complexity index is 788. The molecule has 3 rings (SSSR count). The average Bonchev–Trinajstić information content (AvgIpc) is 3.04. The molecule has 2 N–H and O–H groups in total. The van der Waals surface area contributed by atoms with E-state index in [1.54, 1.807) is 17.5 Å². The molecule has 0 aliphatic carbocycles. The monoisotopic (exact) mass is 302 g/mol. The van der Waals surface area contributed by atoms with Crippen molar-refractivity contribution < 1.29 is 19.1 Å². The molecule has 0 atom stereocenters. The third kappa shape index (κ3) is 2.92. The standard InChI is InChI=1S/C14H10N2O4S/c17-12(18)6-9-7-21-14(15-9)16-13(19)11-5-8-3-1-2-4-10(8)20-11/h1-5,7H,6H2,(H,17,18)(H,15,16,19). The van der Waals surface area contributed by atoms with E-state index in [9.17, 15) is 9.59 Å². The minimum Gasteiger partial charge on any atom is -0.481 e. The molecule has 0 fully saturated rings. The van der Waals surface area contributed by atoms with Gasteiger partial charge >= 0.3 is 5.97 Å². The number of hydrogen-bond acceptors (Lipinski definition) is 5. The molecule has 1 amide bonds. The first-order valence-corrected chi connectivity index (χ1v) is 6.96. The maximum absolute atomic E-state index is 12.1. The van der Waals surface area contributed by atoms with Gasteiger partial charge in [0.05, 0.1) is 12.1 Å². The number of anilines is 1. The van der Waals surface area contributed by atoms with Gasteiger partial charge in [0, 0.05) is 10.8 Å². The largest absolute Gasteiger partial charge is 0.481 e. The quantitative estimate of drug-likeness (QED) is 0.773. The van der Waals surface area contributed by atoms with Gasteiger partial charge in [-0.05, 0) is 12.1 Å². The van der Waals surface area contributed by atoms with Crippen LogP contribution in [0.3, 0.4) is 0 Å². The Morgan fingerprint density at radius 1 is 1.33 bits per heavy atom. The molecule has 106 valence electrons. The molecule has 21 heavy (non-hydrogen) atoms. The minimum absolute atomic E-state index is 0.170. The van der Waals surface area contributed by atoms with Gasteiger partial charge in [-0.25, -0.2) is 4.98 Å². The summed E-state index contributed by atoms with van der Waals surface area (Å²) in [5.74, 6) is -1.19. The molecule has 0 unspecified atom stereocenters. The zero-order valence-electron chi connectivity index (χ0n) is 10.7. The summed E-state index contributed by atoms with van der Waals surface area (Å²) >= 11 is 1.17. The number of furan rings is 1. The van der Waals surface area contributed by atoms with E-state index in [2.05, 4.69) is 10.3 Å². The van der Waals surface area contributed by atoms with Crippen LogP contribution >= 0.6 is 11.3 Å². The molecule has 0 saturated carbocycles. The third-order valence-corrected chi connectivity index (χ3v) is 3.56. The molecular formula is C14H10N2O4S. The highest BCUT2D eigenvalue weighted by atomic mass is 32.1. The van der Waals surface area contributed by atoms with Crippen LogP contribution in [0.5, 0.6) is 0 Å². The van der Waals surface area contributed by atoms with Gasteiger partial charge in [-0.15, -0.1) is 11.3 Å². The predicted octanol–water partition coefficient (Wildman–Crippen LogP) is 2.77. The molecule has 0 saturated heterocycles. The first-order valence-electron chi connectivity index (χ1n) is 6.08. The molecule has 0 aliphatic heterocycles. The fourth-order valence-corrected chi connectivity index (χ4v) is 2.56. The van der Waals surface area contributed by atoms with Crippen molar-refractivity contribution in [3.05, 3.63) is 47.2 Å². The van der Waals surface area contributed by atoms with Crippen molar-refractivity contribution in [2.75, 3.05) is 5.32 Å². The van der Waals surface area contributed by atoms with Crippen molar-refractivity contribution >= 4 is 39.3 Å². The number of thiazole rings is 1. The van der Waals surface area contributed by atoms with Gasteiger partial charge in [0.1, 0.15) is 5.58 Å². The molecule has 0 aliphatic rings. The lowest BCUT2D eigenvalue weighted by Gasteiger charge is -1.97. The summed E-state index contributed by atoms with van der Waals surface area (Å²) < 4.78 is 5.44. The smallest absolute Gasteiger partial charge is 0.309 e. The number of nitrogens with one attached hydrogen (secondary N) is 1. The van der Waals surface area contributed by atoms with Crippen LogP contribution in [0.25, 0.3) is 11.0 Å². The number of amides is 1. The van der Waals surface area contributed by atoms with Crippen molar-refractivity contribution in [3.63, 3.8) is 0 Å². The molecule has 0 bridgehead atoms. The summed E-state index contributed by atoms with van der Waals surface area (Å²) in [5, 5.41) is 14.1. The molecule has 3 aromatic rings. The van der Waals surface area contributed by atoms with Crippen LogP contribution in [0.15, 0.2) is 40.1 Å². The third-order valence-electron chi connectivity index (χ3n) is 2.75.